The van der Waals surface area contributed by atoms with Crippen molar-refractivity contribution in [1.82, 2.24) is 9.88 Å². The molecule has 2 aromatic carbocycles. The second kappa shape index (κ2) is 10.9. The molecule has 0 unspecified atom stereocenters. The summed E-state index contributed by atoms with van der Waals surface area (Å²) in [6.07, 6.45) is 7.67. The summed E-state index contributed by atoms with van der Waals surface area (Å²) in [5, 5.41) is 23.4. The van der Waals surface area contributed by atoms with Gasteiger partial charge in [0, 0.05) is 36.6 Å². The number of nitrogens with one attached hydrogen (secondary N) is 1. The number of aliphatic hydroxyl groups excluding tert-OH is 1. The molecule has 0 atom stereocenters. The number of phenols is 1. The van der Waals surface area contributed by atoms with Crippen molar-refractivity contribution < 1.29 is 19.4 Å². The molecule has 1 aromatic heterocycles. The quantitative estimate of drug-likeness (QED) is 0.302. The Bertz CT molecular complexity index is 1280. The summed E-state index contributed by atoms with van der Waals surface area (Å²) in [5.74, 6) is -0.563. The predicted octanol–water partition coefficient (Wildman–Crippen LogP) is 5.89. The number of nitrogens with zero attached hydrogens (tertiary/aromatic N) is 2. The van der Waals surface area contributed by atoms with Gasteiger partial charge in [-0.15, -0.1) is 0 Å². The second-order valence-corrected chi connectivity index (χ2v) is 11.0. The van der Waals surface area contributed by atoms with Crippen LogP contribution in [0.5, 0.6) is 5.75 Å². The molecule has 0 spiro atoms. The number of anilines is 1. The van der Waals surface area contributed by atoms with Gasteiger partial charge in [-0.2, -0.15) is 0 Å². The number of likely N-dealkylation sites (N-methyl/N-ethyl adjacent to an activating group) is 1. The Balaban J connectivity index is 1.46. The lowest BCUT2D eigenvalue weighted by molar-refractivity contribution is 0.0968. The first-order valence-electron chi connectivity index (χ1n) is 13.0. The van der Waals surface area contributed by atoms with Gasteiger partial charge < -0.3 is 20.4 Å². The standard InChI is InChI=1S/C29H33ClFN3O3/c1-34(10-11-35)16-17-2-7-21(8-3-17)33-27-22-12-19(20-13-24(30)29(37)25(31)14-20)6-9-26(22)32-15-23(27)28(36)18-4-5-18/h6,9,12-15,17-18,21,35,37H,2-5,7-8,10-11,16H2,1H3,(H,32,33)/t17-,21-. The zero-order valence-corrected chi connectivity index (χ0v) is 21.8. The molecule has 6 nitrogen and oxygen atoms in total. The molecule has 2 fully saturated rings. The van der Waals surface area contributed by atoms with Gasteiger partial charge in [0.05, 0.1) is 28.4 Å². The van der Waals surface area contributed by atoms with Gasteiger partial charge in [0.15, 0.2) is 17.3 Å². The van der Waals surface area contributed by atoms with Crippen molar-refractivity contribution in [3.05, 3.63) is 52.9 Å². The van der Waals surface area contributed by atoms with E-state index in [2.05, 4.69) is 15.2 Å². The van der Waals surface area contributed by atoms with Crippen LogP contribution >= 0.6 is 11.6 Å². The summed E-state index contributed by atoms with van der Waals surface area (Å²) in [6, 6.07) is 8.67. The number of hydrogen-bond acceptors (Lipinski definition) is 6. The third kappa shape index (κ3) is 5.74. The maximum absolute atomic E-state index is 14.2. The van der Waals surface area contributed by atoms with Gasteiger partial charge in [-0.05, 0) is 86.9 Å². The lowest BCUT2D eigenvalue weighted by Crippen LogP contribution is -2.33. The molecule has 37 heavy (non-hydrogen) atoms. The van der Waals surface area contributed by atoms with Gasteiger partial charge >= 0.3 is 0 Å². The maximum atomic E-state index is 14.2. The van der Waals surface area contributed by atoms with Crippen LogP contribution in [0.3, 0.4) is 0 Å². The van der Waals surface area contributed by atoms with Crippen molar-refractivity contribution in [2.24, 2.45) is 11.8 Å². The lowest BCUT2D eigenvalue weighted by atomic mass is 9.85. The van der Waals surface area contributed by atoms with E-state index in [-0.39, 0.29) is 29.4 Å². The summed E-state index contributed by atoms with van der Waals surface area (Å²) in [7, 11) is 2.05. The van der Waals surface area contributed by atoms with Gasteiger partial charge in [-0.25, -0.2) is 4.39 Å². The third-order valence-electron chi connectivity index (χ3n) is 7.68. The minimum Gasteiger partial charge on any atom is -0.504 e. The molecule has 196 valence electrons. The number of aliphatic hydroxyl groups is 1. The normalized spacial score (nSPS) is 19.9. The summed E-state index contributed by atoms with van der Waals surface area (Å²) >= 11 is 6.04. The number of benzene rings is 2. The predicted molar refractivity (Wildman–Crippen MR) is 145 cm³/mol. The number of rotatable bonds is 9. The minimum atomic E-state index is -0.780. The third-order valence-corrected chi connectivity index (χ3v) is 7.97. The van der Waals surface area contributed by atoms with Gasteiger partial charge in [0.2, 0.25) is 0 Å². The number of phenolic OH excluding ortho intramolecular Hbond substituents is 1. The van der Waals surface area contributed by atoms with Crippen LogP contribution in [0.25, 0.3) is 22.0 Å². The van der Waals surface area contributed by atoms with Gasteiger partial charge in [-0.1, -0.05) is 17.7 Å². The molecule has 3 N–H and O–H groups in total. The highest BCUT2D eigenvalue weighted by Crippen LogP contribution is 2.40. The highest BCUT2D eigenvalue weighted by atomic mass is 35.5. The minimum absolute atomic E-state index is 0.0503. The molecule has 0 radical (unpaired) electrons. The van der Waals surface area contributed by atoms with Gasteiger partial charge in [0.1, 0.15) is 0 Å². The summed E-state index contributed by atoms with van der Waals surface area (Å²) < 4.78 is 14.2. The molecule has 0 bridgehead atoms. The van der Waals surface area contributed by atoms with E-state index in [1.807, 2.05) is 25.2 Å². The summed E-state index contributed by atoms with van der Waals surface area (Å²) in [5.41, 5.74) is 3.44. The van der Waals surface area contributed by atoms with E-state index in [4.69, 9.17) is 11.6 Å². The largest absolute Gasteiger partial charge is 0.504 e. The fourth-order valence-electron chi connectivity index (χ4n) is 5.41. The number of hydrogen-bond donors (Lipinski definition) is 3. The van der Waals surface area contributed by atoms with Crippen LogP contribution in [0.15, 0.2) is 36.5 Å². The number of aromatic hydroxyl groups is 1. The molecule has 2 saturated carbocycles. The highest BCUT2D eigenvalue weighted by Gasteiger charge is 2.33. The monoisotopic (exact) mass is 525 g/mol. The summed E-state index contributed by atoms with van der Waals surface area (Å²) in [4.78, 5) is 20.0. The van der Waals surface area contributed by atoms with E-state index in [9.17, 15) is 19.4 Å². The zero-order chi connectivity index (χ0) is 26.1. The van der Waals surface area contributed by atoms with Crippen LogP contribution in [0.2, 0.25) is 5.02 Å². The van der Waals surface area contributed by atoms with Crippen molar-refractivity contribution in [3.63, 3.8) is 0 Å². The molecule has 2 aliphatic rings. The number of fused-ring (bicyclic) bond motifs is 1. The average Bonchev–Trinajstić information content (AvgIpc) is 3.73. The number of Topliss-reactive ketones (excluding diaryl/α,β-unsaturated/α-hetero) is 1. The fourth-order valence-corrected chi connectivity index (χ4v) is 5.62. The van der Waals surface area contributed by atoms with Crippen LogP contribution in [-0.2, 0) is 0 Å². The van der Waals surface area contributed by atoms with Crippen LogP contribution in [-0.4, -0.2) is 58.7 Å². The van der Waals surface area contributed by atoms with Crippen molar-refractivity contribution in [2.75, 3.05) is 32.1 Å². The van der Waals surface area contributed by atoms with Crippen molar-refractivity contribution in [1.29, 1.82) is 0 Å². The first-order chi connectivity index (χ1) is 17.8. The van der Waals surface area contributed by atoms with E-state index >= 15 is 0 Å². The zero-order valence-electron chi connectivity index (χ0n) is 21.0. The van der Waals surface area contributed by atoms with E-state index in [1.54, 1.807) is 6.20 Å². The number of ketones is 1. The van der Waals surface area contributed by atoms with Crippen LogP contribution in [0.1, 0.15) is 48.9 Å². The SMILES string of the molecule is CN(CCO)C[C@H]1CC[C@H](Nc2c(C(=O)C3CC3)cnc3ccc(-c4cc(F)c(O)c(Cl)c4)cc23)CC1. The first-order valence-corrected chi connectivity index (χ1v) is 13.4. The average molecular weight is 526 g/mol. The van der Waals surface area contributed by atoms with E-state index in [0.717, 1.165) is 67.2 Å². The Morgan fingerprint density at radius 3 is 2.57 bits per heavy atom. The molecule has 0 saturated heterocycles. The smallest absolute Gasteiger partial charge is 0.170 e. The van der Waals surface area contributed by atoms with Crippen LogP contribution < -0.4 is 5.32 Å². The highest BCUT2D eigenvalue weighted by molar-refractivity contribution is 6.32. The second-order valence-electron chi connectivity index (χ2n) is 10.6. The van der Waals surface area contributed by atoms with E-state index < -0.39 is 11.6 Å². The fraction of sp³-hybridized carbons (Fsp3) is 0.448. The van der Waals surface area contributed by atoms with Gasteiger partial charge in [-0.3, -0.25) is 9.78 Å². The molecular formula is C29H33ClFN3O3. The Hall–Kier alpha value is -2.74. The molecule has 3 aromatic rings. The van der Waals surface area contributed by atoms with Crippen molar-refractivity contribution in [2.45, 2.75) is 44.6 Å². The Morgan fingerprint density at radius 2 is 1.89 bits per heavy atom. The Labute approximate surface area is 221 Å². The van der Waals surface area contributed by atoms with Crippen LogP contribution in [0, 0.1) is 17.7 Å². The number of carbonyl (C=O) groups excluding carboxylic acids is 1. The van der Waals surface area contributed by atoms with Crippen LogP contribution in [0.4, 0.5) is 10.1 Å². The number of aromatic nitrogens is 1. The topological polar surface area (TPSA) is 85.7 Å². The maximum Gasteiger partial charge on any atom is 0.170 e. The molecule has 2 aliphatic carbocycles. The van der Waals surface area contributed by atoms with Crippen molar-refractivity contribution in [3.8, 4) is 16.9 Å². The molecular weight excluding hydrogens is 493 g/mol. The Morgan fingerprint density at radius 1 is 1.14 bits per heavy atom. The van der Waals surface area contributed by atoms with Crippen molar-refractivity contribution >= 4 is 34.0 Å². The number of pyridine rings is 1. The van der Waals surface area contributed by atoms with Gasteiger partial charge in [0.25, 0.3) is 0 Å². The summed E-state index contributed by atoms with van der Waals surface area (Å²) in [6.45, 7) is 1.84. The number of carbonyl (C=O) groups is 1. The van der Waals surface area contributed by atoms with E-state index in [1.165, 1.54) is 12.1 Å². The molecule has 5 rings (SSSR count). The molecule has 8 heteroatoms. The first kappa shape index (κ1) is 25.9. The lowest BCUT2D eigenvalue weighted by Gasteiger charge is -2.32. The molecule has 0 amide bonds. The Kier molecular flexibility index (Phi) is 7.65. The molecule has 0 aliphatic heterocycles. The van der Waals surface area contributed by atoms with E-state index in [0.29, 0.717) is 23.6 Å². The number of halogens is 2. The molecule has 1 heterocycles.